The SMILES string of the molecule is O=C(Nc1ccc(CNC(=O)C2COCCN2)cc1)c1cccnc1. The molecule has 7 nitrogen and oxygen atoms in total. The molecule has 0 radical (unpaired) electrons. The Morgan fingerprint density at radius 3 is 2.76 bits per heavy atom. The molecule has 3 rings (SSSR count). The number of nitrogens with one attached hydrogen (secondary N) is 3. The van der Waals surface area contributed by atoms with Crippen LogP contribution < -0.4 is 16.0 Å². The van der Waals surface area contributed by atoms with E-state index in [1.165, 1.54) is 6.20 Å². The number of pyridine rings is 1. The van der Waals surface area contributed by atoms with Crippen LogP contribution in [0.4, 0.5) is 5.69 Å². The van der Waals surface area contributed by atoms with Crippen molar-refractivity contribution in [2.24, 2.45) is 0 Å². The monoisotopic (exact) mass is 340 g/mol. The zero-order valence-electron chi connectivity index (χ0n) is 13.7. The van der Waals surface area contributed by atoms with Gasteiger partial charge in [-0.05, 0) is 29.8 Å². The first-order valence-electron chi connectivity index (χ1n) is 8.11. The largest absolute Gasteiger partial charge is 0.378 e. The molecular formula is C18H20N4O3. The number of morpholine rings is 1. The fraction of sp³-hybridized carbons (Fsp3) is 0.278. The van der Waals surface area contributed by atoms with Crippen LogP contribution in [0, 0.1) is 0 Å². The van der Waals surface area contributed by atoms with Crippen molar-refractivity contribution in [1.82, 2.24) is 15.6 Å². The van der Waals surface area contributed by atoms with Crippen molar-refractivity contribution in [3.05, 3.63) is 59.9 Å². The highest BCUT2D eigenvalue weighted by atomic mass is 16.5. The smallest absolute Gasteiger partial charge is 0.257 e. The van der Waals surface area contributed by atoms with Crippen molar-refractivity contribution >= 4 is 17.5 Å². The minimum Gasteiger partial charge on any atom is -0.378 e. The van der Waals surface area contributed by atoms with Gasteiger partial charge in [-0.25, -0.2) is 0 Å². The summed E-state index contributed by atoms with van der Waals surface area (Å²) in [5.41, 5.74) is 2.14. The molecule has 1 saturated heterocycles. The Bertz CT molecular complexity index is 713. The average molecular weight is 340 g/mol. The molecule has 2 aromatic rings. The summed E-state index contributed by atoms with van der Waals surface area (Å²) in [6.45, 7) is 2.14. The van der Waals surface area contributed by atoms with E-state index < -0.39 is 0 Å². The second kappa shape index (κ2) is 8.36. The molecule has 3 N–H and O–H groups in total. The third-order valence-corrected chi connectivity index (χ3v) is 3.84. The van der Waals surface area contributed by atoms with Crippen molar-refractivity contribution < 1.29 is 14.3 Å². The third kappa shape index (κ3) is 4.85. The molecule has 1 aromatic heterocycles. The number of rotatable bonds is 5. The van der Waals surface area contributed by atoms with Crippen molar-refractivity contribution in [1.29, 1.82) is 0 Å². The van der Waals surface area contributed by atoms with Gasteiger partial charge in [-0.15, -0.1) is 0 Å². The fourth-order valence-corrected chi connectivity index (χ4v) is 2.45. The van der Waals surface area contributed by atoms with Crippen LogP contribution in [0.3, 0.4) is 0 Å². The van der Waals surface area contributed by atoms with Gasteiger partial charge in [0, 0.05) is 31.2 Å². The first-order valence-corrected chi connectivity index (χ1v) is 8.11. The van der Waals surface area contributed by atoms with E-state index in [0.717, 1.165) is 5.56 Å². The van der Waals surface area contributed by atoms with E-state index in [1.54, 1.807) is 30.5 Å². The lowest BCUT2D eigenvalue weighted by molar-refractivity contribution is -0.126. The summed E-state index contributed by atoms with van der Waals surface area (Å²) in [5, 5.41) is 8.80. The van der Waals surface area contributed by atoms with Crippen LogP contribution in [0.15, 0.2) is 48.8 Å². The highest BCUT2D eigenvalue weighted by Crippen LogP contribution is 2.11. The van der Waals surface area contributed by atoms with Crippen molar-refractivity contribution in [2.75, 3.05) is 25.1 Å². The molecule has 130 valence electrons. The van der Waals surface area contributed by atoms with E-state index in [-0.39, 0.29) is 17.9 Å². The summed E-state index contributed by atoms with van der Waals surface area (Å²) >= 11 is 0. The highest BCUT2D eigenvalue weighted by Gasteiger charge is 2.20. The number of anilines is 1. The third-order valence-electron chi connectivity index (χ3n) is 3.84. The second-order valence-electron chi connectivity index (χ2n) is 5.69. The van der Waals surface area contributed by atoms with Gasteiger partial charge in [-0.3, -0.25) is 14.6 Å². The Kier molecular flexibility index (Phi) is 5.71. The van der Waals surface area contributed by atoms with Crippen LogP contribution in [0.5, 0.6) is 0 Å². The molecule has 0 bridgehead atoms. The molecule has 7 heteroatoms. The van der Waals surface area contributed by atoms with E-state index in [4.69, 9.17) is 4.74 Å². The molecule has 1 atom stereocenters. The highest BCUT2D eigenvalue weighted by molar-refractivity contribution is 6.04. The normalized spacial score (nSPS) is 16.9. The summed E-state index contributed by atoms with van der Waals surface area (Å²) in [6, 6.07) is 10.5. The molecule has 1 aromatic carbocycles. The molecule has 2 heterocycles. The fourth-order valence-electron chi connectivity index (χ4n) is 2.45. The number of hydrogen-bond acceptors (Lipinski definition) is 5. The van der Waals surface area contributed by atoms with Crippen molar-refractivity contribution in [3.63, 3.8) is 0 Å². The quantitative estimate of drug-likeness (QED) is 0.753. The van der Waals surface area contributed by atoms with Crippen LogP contribution in [0.2, 0.25) is 0 Å². The summed E-state index contributed by atoms with van der Waals surface area (Å²) in [5.74, 6) is -0.286. The topological polar surface area (TPSA) is 92.4 Å². The molecule has 2 amide bonds. The number of carbonyl (C=O) groups is 2. The lowest BCUT2D eigenvalue weighted by Crippen LogP contribution is -2.51. The Morgan fingerprint density at radius 2 is 2.08 bits per heavy atom. The number of ether oxygens (including phenoxy) is 1. The van der Waals surface area contributed by atoms with Gasteiger partial charge in [0.15, 0.2) is 0 Å². The summed E-state index contributed by atoms with van der Waals surface area (Å²) < 4.78 is 5.28. The number of nitrogens with zero attached hydrogens (tertiary/aromatic N) is 1. The average Bonchev–Trinajstić information content (AvgIpc) is 2.68. The second-order valence-corrected chi connectivity index (χ2v) is 5.69. The van der Waals surface area contributed by atoms with Crippen LogP contribution in [0.25, 0.3) is 0 Å². The minimum atomic E-state index is -0.299. The zero-order valence-corrected chi connectivity index (χ0v) is 13.7. The standard InChI is InChI=1S/C18H20N4O3/c23-17(14-2-1-7-19-11-14)22-15-5-3-13(4-6-15)10-21-18(24)16-12-25-9-8-20-16/h1-7,11,16,20H,8-10,12H2,(H,21,24)(H,22,23). The Balaban J connectivity index is 1.50. The van der Waals surface area contributed by atoms with E-state index in [0.29, 0.717) is 37.6 Å². The first-order chi connectivity index (χ1) is 12.2. The van der Waals surface area contributed by atoms with Crippen LogP contribution in [-0.2, 0) is 16.1 Å². The Morgan fingerprint density at radius 1 is 1.24 bits per heavy atom. The molecule has 0 spiro atoms. The molecule has 25 heavy (non-hydrogen) atoms. The molecule has 0 saturated carbocycles. The van der Waals surface area contributed by atoms with E-state index >= 15 is 0 Å². The van der Waals surface area contributed by atoms with Crippen molar-refractivity contribution in [2.45, 2.75) is 12.6 Å². The summed E-state index contributed by atoms with van der Waals surface area (Å²) in [4.78, 5) is 28.0. The Hall–Kier alpha value is -2.77. The molecule has 1 aliphatic rings. The maximum Gasteiger partial charge on any atom is 0.257 e. The predicted octanol–water partition coefficient (Wildman–Crippen LogP) is 0.938. The zero-order chi connectivity index (χ0) is 17.5. The number of benzene rings is 1. The number of amides is 2. The summed E-state index contributed by atoms with van der Waals surface area (Å²) in [6.07, 6.45) is 3.14. The lowest BCUT2D eigenvalue weighted by Gasteiger charge is -2.22. The lowest BCUT2D eigenvalue weighted by atomic mass is 10.2. The molecule has 1 aliphatic heterocycles. The Labute approximate surface area is 145 Å². The molecule has 0 aliphatic carbocycles. The first kappa shape index (κ1) is 17.1. The van der Waals surface area contributed by atoms with Crippen LogP contribution >= 0.6 is 0 Å². The van der Waals surface area contributed by atoms with Gasteiger partial charge in [-0.2, -0.15) is 0 Å². The molecule has 1 unspecified atom stereocenters. The maximum atomic E-state index is 12.1. The number of carbonyl (C=O) groups excluding carboxylic acids is 2. The maximum absolute atomic E-state index is 12.1. The van der Waals surface area contributed by atoms with Crippen LogP contribution in [0.1, 0.15) is 15.9 Å². The van der Waals surface area contributed by atoms with E-state index in [2.05, 4.69) is 20.9 Å². The molecular weight excluding hydrogens is 320 g/mol. The van der Waals surface area contributed by atoms with E-state index in [9.17, 15) is 9.59 Å². The van der Waals surface area contributed by atoms with Gasteiger partial charge >= 0.3 is 0 Å². The predicted molar refractivity (Wildman–Crippen MR) is 93.1 cm³/mol. The van der Waals surface area contributed by atoms with Gasteiger partial charge in [0.2, 0.25) is 5.91 Å². The number of hydrogen-bond donors (Lipinski definition) is 3. The van der Waals surface area contributed by atoms with Crippen LogP contribution in [-0.4, -0.2) is 42.6 Å². The van der Waals surface area contributed by atoms with Gasteiger partial charge < -0.3 is 20.7 Å². The van der Waals surface area contributed by atoms with Gasteiger partial charge in [0.1, 0.15) is 6.04 Å². The van der Waals surface area contributed by atoms with Crippen molar-refractivity contribution in [3.8, 4) is 0 Å². The van der Waals surface area contributed by atoms with E-state index in [1.807, 2.05) is 12.1 Å². The van der Waals surface area contributed by atoms with Gasteiger partial charge in [0.05, 0.1) is 18.8 Å². The van der Waals surface area contributed by atoms with Gasteiger partial charge in [0.25, 0.3) is 5.91 Å². The molecule has 1 fully saturated rings. The summed E-state index contributed by atoms with van der Waals surface area (Å²) in [7, 11) is 0. The minimum absolute atomic E-state index is 0.0753. The number of aromatic nitrogens is 1. The van der Waals surface area contributed by atoms with Gasteiger partial charge in [-0.1, -0.05) is 12.1 Å².